The van der Waals surface area contributed by atoms with E-state index in [2.05, 4.69) is 5.32 Å². The standard InChI is InChI=1S/C21H15NO5/c1-25-16-5-7-18-14(10-16)11-17(26-18)6-8-20(23)22-15-4-2-13-3-9-21(24)27-19(13)12-15/h2-12H,1H3,(H,22,23)/b8-6+. The molecular weight excluding hydrogens is 346 g/mol. The highest BCUT2D eigenvalue weighted by Gasteiger charge is 2.05. The second-order valence-electron chi connectivity index (χ2n) is 5.88. The fourth-order valence-corrected chi connectivity index (χ4v) is 2.73. The van der Waals surface area contributed by atoms with Crippen LogP contribution in [0.1, 0.15) is 5.76 Å². The summed E-state index contributed by atoms with van der Waals surface area (Å²) in [5.41, 5.74) is 1.21. The largest absolute Gasteiger partial charge is 0.497 e. The Morgan fingerprint density at radius 3 is 2.67 bits per heavy atom. The molecule has 0 unspecified atom stereocenters. The van der Waals surface area contributed by atoms with E-state index in [1.165, 1.54) is 12.1 Å². The molecule has 0 radical (unpaired) electrons. The Bertz CT molecular complexity index is 1230. The third-order valence-corrected chi connectivity index (χ3v) is 4.03. The van der Waals surface area contributed by atoms with Crippen LogP contribution in [0.5, 0.6) is 5.75 Å². The van der Waals surface area contributed by atoms with E-state index < -0.39 is 5.63 Å². The van der Waals surface area contributed by atoms with E-state index in [4.69, 9.17) is 13.6 Å². The first-order chi connectivity index (χ1) is 13.1. The lowest BCUT2D eigenvalue weighted by atomic mass is 10.2. The molecule has 4 aromatic rings. The Morgan fingerprint density at radius 1 is 0.963 bits per heavy atom. The molecule has 1 amide bonds. The van der Waals surface area contributed by atoms with Gasteiger partial charge in [-0.25, -0.2) is 4.79 Å². The molecule has 6 nitrogen and oxygen atoms in total. The van der Waals surface area contributed by atoms with Crippen molar-refractivity contribution in [3.05, 3.63) is 76.9 Å². The van der Waals surface area contributed by atoms with Crippen LogP contribution in [0.4, 0.5) is 5.69 Å². The number of carbonyl (C=O) groups is 1. The van der Waals surface area contributed by atoms with Gasteiger partial charge in [0.1, 0.15) is 22.7 Å². The van der Waals surface area contributed by atoms with Gasteiger partial charge in [-0.3, -0.25) is 4.79 Å². The van der Waals surface area contributed by atoms with Gasteiger partial charge in [0.15, 0.2) is 0 Å². The number of rotatable bonds is 4. The Balaban J connectivity index is 1.51. The van der Waals surface area contributed by atoms with E-state index in [9.17, 15) is 9.59 Å². The molecule has 6 heteroatoms. The average Bonchev–Trinajstić information content (AvgIpc) is 3.08. The molecule has 0 fully saturated rings. The van der Waals surface area contributed by atoms with Crippen molar-refractivity contribution in [2.45, 2.75) is 0 Å². The maximum Gasteiger partial charge on any atom is 0.336 e. The van der Waals surface area contributed by atoms with Crippen molar-refractivity contribution in [2.75, 3.05) is 12.4 Å². The Labute approximate surface area is 153 Å². The molecule has 0 atom stereocenters. The molecule has 0 aliphatic rings. The summed E-state index contributed by atoms with van der Waals surface area (Å²) in [5.74, 6) is 0.961. The van der Waals surface area contributed by atoms with E-state index in [-0.39, 0.29) is 5.91 Å². The SMILES string of the molecule is COc1ccc2oc(/C=C/C(=O)Nc3ccc4ccc(=O)oc4c3)cc2c1. The number of hydrogen-bond donors (Lipinski definition) is 1. The fourth-order valence-electron chi connectivity index (χ4n) is 2.73. The second kappa shape index (κ2) is 6.84. The molecule has 0 bridgehead atoms. The monoisotopic (exact) mass is 361 g/mol. The van der Waals surface area contributed by atoms with Crippen LogP contribution in [-0.2, 0) is 4.79 Å². The van der Waals surface area contributed by atoms with Gasteiger partial charge in [-0.1, -0.05) is 0 Å². The van der Waals surface area contributed by atoms with Crippen molar-refractivity contribution < 1.29 is 18.4 Å². The summed E-state index contributed by atoms with van der Waals surface area (Å²) in [4.78, 5) is 23.5. The Morgan fingerprint density at radius 2 is 1.81 bits per heavy atom. The topological polar surface area (TPSA) is 81.7 Å². The number of ether oxygens (including phenoxy) is 1. The van der Waals surface area contributed by atoms with Crippen LogP contribution in [0.15, 0.2) is 74.3 Å². The summed E-state index contributed by atoms with van der Waals surface area (Å²) in [6.45, 7) is 0. The summed E-state index contributed by atoms with van der Waals surface area (Å²) in [5, 5.41) is 4.39. The van der Waals surface area contributed by atoms with Crippen LogP contribution >= 0.6 is 0 Å². The van der Waals surface area contributed by atoms with Crippen LogP contribution in [0.2, 0.25) is 0 Å². The molecule has 2 heterocycles. The molecule has 0 spiro atoms. The molecule has 1 N–H and O–H groups in total. The summed E-state index contributed by atoms with van der Waals surface area (Å²) in [6, 6.07) is 15.4. The minimum absolute atomic E-state index is 0.328. The van der Waals surface area contributed by atoms with E-state index in [0.717, 1.165) is 16.5 Å². The van der Waals surface area contributed by atoms with Crippen molar-refractivity contribution in [3.63, 3.8) is 0 Å². The van der Waals surface area contributed by atoms with Gasteiger partial charge in [0.2, 0.25) is 5.91 Å². The van der Waals surface area contributed by atoms with E-state index in [0.29, 0.717) is 22.6 Å². The van der Waals surface area contributed by atoms with Crippen molar-refractivity contribution in [1.29, 1.82) is 0 Å². The van der Waals surface area contributed by atoms with Crippen LogP contribution < -0.4 is 15.7 Å². The molecule has 0 aliphatic heterocycles. The van der Waals surface area contributed by atoms with Gasteiger partial charge in [-0.2, -0.15) is 0 Å². The van der Waals surface area contributed by atoms with Gasteiger partial charge in [0.25, 0.3) is 0 Å². The maximum atomic E-state index is 12.2. The number of furan rings is 1. The molecule has 2 aromatic heterocycles. The zero-order valence-corrected chi connectivity index (χ0v) is 14.4. The number of fused-ring (bicyclic) bond motifs is 2. The number of hydrogen-bond acceptors (Lipinski definition) is 5. The van der Waals surface area contributed by atoms with Crippen molar-refractivity contribution >= 4 is 39.6 Å². The van der Waals surface area contributed by atoms with Gasteiger partial charge in [0.05, 0.1) is 7.11 Å². The van der Waals surface area contributed by atoms with Crippen LogP contribution in [-0.4, -0.2) is 13.0 Å². The zero-order valence-electron chi connectivity index (χ0n) is 14.4. The fraction of sp³-hybridized carbons (Fsp3) is 0.0476. The van der Waals surface area contributed by atoms with E-state index >= 15 is 0 Å². The lowest BCUT2D eigenvalue weighted by Crippen LogP contribution is -2.07. The highest BCUT2D eigenvalue weighted by Crippen LogP contribution is 2.25. The van der Waals surface area contributed by atoms with Gasteiger partial charge < -0.3 is 18.9 Å². The van der Waals surface area contributed by atoms with E-state index in [1.54, 1.807) is 37.5 Å². The number of anilines is 1. The third kappa shape index (κ3) is 3.59. The normalized spacial score (nSPS) is 11.3. The van der Waals surface area contributed by atoms with Crippen LogP contribution in [0, 0.1) is 0 Å². The maximum absolute atomic E-state index is 12.2. The third-order valence-electron chi connectivity index (χ3n) is 4.03. The zero-order chi connectivity index (χ0) is 18.8. The van der Waals surface area contributed by atoms with Gasteiger partial charge >= 0.3 is 5.63 Å². The lowest BCUT2D eigenvalue weighted by molar-refractivity contribution is -0.111. The van der Waals surface area contributed by atoms with Crippen molar-refractivity contribution in [2.24, 2.45) is 0 Å². The summed E-state index contributed by atoms with van der Waals surface area (Å²) in [7, 11) is 1.60. The number of methoxy groups -OCH3 is 1. The first kappa shape index (κ1) is 16.7. The molecular formula is C21H15NO5. The molecule has 0 saturated carbocycles. The molecule has 0 aliphatic carbocycles. The van der Waals surface area contributed by atoms with Crippen molar-refractivity contribution in [1.82, 2.24) is 0 Å². The Hall–Kier alpha value is -3.80. The smallest absolute Gasteiger partial charge is 0.336 e. The quantitative estimate of drug-likeness (QED) is 0.435. The molecule has 4 rings (SSSR count). The van der Waals surface area contributed by atoms with Gasteiger partial charge in [-0.15, -0.1) is 0 Å². The molecule has 134 valence electrons. The molecule has 0 saturated heterocycles. The highest BCUT2D eigenvalue weighted by molar-refractivity contribution is 6.02. The summed E-state index contributed by atoms with van der Waals surface area (Å²) in [6.07, 6.45) is 2.96. The lowest BCUT2D eigenvalue weighted by Gasteiger charge is -2.03. The van der Waals surface area contributed by atoms with E-state index in [1.807, 2.05) is 24.3 Å². The number of carbonyl (C=O) groups excluding carboxylic acids is 1. The summed E-state index contributed by atoms with van der Waals surface area (Å²) < 4.78 is 16.0. The average molecular weight is 361 g/mol. The molecule has 27 heavy (non-hydrogen) atoms. The number of benzene rings is 2. The minimum atomic E-state index is -0.438. The van der Waals surface area contributed by atoms with Crippen molar-refractivity contribution in [3.8, 4) is 5.75 Å². The number of amides is 1. The molecule has 2 aromatic carbocycles. The summed E-state index contributed by atoms with van der Waals surface area (Å²) >= 11 is 0. The Kier molecular flexibility index (Phi) is 4.22. The predicted molar refractivity (Wildman–Crippen MR) is 103 cm³/mol. The van der Waals surface area contributed by atoms with Crippen LogP contribution in [0.25, 0.3) is 28.0 Å². The highest BCUT2D eigenvalue weighted by atomic mass is 16.5. The second-order valence-corrected chi connectivity index (χ2v) is 5.88. The predicted octanol–water partition coefficient (Wildman–Crippen LogP) is 4.20. The van der Waals surface area contributed by atoms with Gasteiger partial charge in [-0.05, 0) is 48.5 Å². The minimum Gasteiger partial charge on any atom is -0.497 e. The first-order valence-electron chi connectivity index (χ1n) is 8.21. The first-order valence-corrected chi connectivity index (χ1v) is 8.21. The number of nitrogens with one attached hydrogen (secondary N) is 1. The van der Waals surface area contributed by atoms with Gasteiger partial charge in [0, 0.05) is 34.7 Å². The van der Waals surface area contributed by atoms with Crippen LogP contribution in [0.3, 0.4) is 0 Å².